The summed E-state index contributed by atoms with van der Waals surface area (Å²) in [5.74, 6) is -0.0498. The molecule has 1 aliphatic heterocycles. The van der Waals surface area contributed by atoms with Crippen LogP contribution in [0.4, 0.5) is 5.69 Å². The predicted octanol–water partition coefficient (Wildman–Crippen LogP) is 4.25. The van der Waals surface area contributed by atoms with Crippen LogP contribution in [0.25, 0.3) is 17.0 Å². The molecule has 21 heavy (non-hydrogen) atoms. The highest BCUT2D eigenvalue weighted by atomic mass is 32.2. The minimum Gasteiger partial charge on any atom is -0.361 e. The first-order valence-corrected chi connectivity index (χ1v) is 7.49. The van der Waals surface area contributed by atoms with Crippen molar-refractivity contribution >= 4 is 40.3 Å². The first kappa shape index (κ1) is 12.3. The van der Waals surface area contributed by atoms with Gasteiger partial charge in [-0.3, -0.25) is 4.79 Å². The fourth-order valence-electron chi connectivity index (χ4n) is 2.48. The second-order valence-electron chi connectivity index (χ2n) is 4.85. The maximum Gasteiger partial charge on any atom is 0.262 e. The normalized spacial score (nSPS) is 16.0. The van der Waals surface area contributed by atoms with Crippen molar-refractivity contribution in [3.63, 3.8) is 0 Å². The summed E-state index contributed by atoms with van der Waals surface area (Å²) in [5.41, 5.74) is 3.00. The molecule has 2 aromatic carbocycles. The van der Waals surface area contributed by atoms with Crippen molar-refractivity contribution in [2.24, 2.45) is 0 Å². The number of hydrogen-bond donors (Lipinski definition) is 2. The van der Waals surface area contributed by atoms with Crippen molar-refractivity contribution in [1.82, 2.24) is 4.98 Å². The molecule has 0 spiro atoms. The number of hydrogen-bond acceptors (Lipinski definition) is 2. The number of thioether (sulfide) groups is 1. The molecule has 0 saturated heterocycles. The molecular weight excluding hydrogens is 280 g/mol. The molecule has 0 radical (unpaired) electrons. The van der Waals surface area contributed by atoms with Gasteiger partial charge in [-0.05, 0) is 35.9 Å². The second-order valence-corrected chi connectivity index (χ2v) is 5.93. The number of nitrogens with one attached hydrogen (secondary N) is 2. The zero-order chi connectivity index (χ0) is 14.2. The summed E-state index contributed by atoms with van der Waals surface area (Å²) in [6.45, 7) is 0. The molecule has 4 rings (SSSR count). The molecule has 0 aliphatic carbocycles. The number of para-hydroxylation sites is 1. The predicted molar refractivity (Wildman–Crippen MR) is 87.2 cm³/mol. The summed E-state index contributed by atoms with van der Waals surface area (Å²) in [7, 11) is 0. The Bertz CT molecular complexity index is 879. The highest BCUT2D eigenvalue weighted by molar-refractivity contribution is 8.04. The van der Waals surface area contributed by atoms with Gasteiger partial charge < -0.3 is 10.3 Å². The van der Waals surface area contributed by atoms with Crippen LogP contribution in [0.3, 0.4) is 0 Å². The number of H-pyrrole nitrogens is 1. The van der Waals surface area contributed by atoms with Crippen LogP contribution in [-0.2, 0) is 4.79 Å². The Morgan fingerprint density at radius 1 is 1.00 bits per heavy atom. The lowest BCUT2D eigenvalue weighted by Crippen LogP contribution is -2.17. The average Bonchev–Trinajstić information content (AvgIpc) is 2.97. The van der Waals surface area contributed by atoms with Gasteiger partial charge in [-0.25, -0.2) is 0 Å². The van der Waals surface area contributed by atoms with E-state index in [1.165, 1.54) is 11.8 Å². The van der Waals surface area contributed by atoms with E-state index in [0.29, 0.717) is 4.91 Å². The summed E-state index contributed by atoms with van der Waals surface area (Å²) in [4.78, 5) is 17.2. The van der Waals surface area contributed by atoms with Crippen LogP contribution in [-0.4, -0.2) is 10.9 Å². The Morgan fingerprint density at radius 2 is 1.90 bits per heavy atom. The van der Waals surface area contributed by atoms with Crippen molar-refractivity contribution in [2.45, 2.75) is 4.90 Å². The summed E-state index contributed by atoms with van der Waals surface area (Å²) < 4.78 is 0. The first-order chi connectivity index (χ1) is 10.3. The topological polar surface area (TPSA) is 44.9 Å². The molecular formula is C17H12N2OS. The summed E-state index contributed by atoms with van der Waals surface area (Å²) >= 11 is 1.51. The Hall–Kier alpha value is -2.46. The lowest BCUT2D eigenvalue weighted by Gasteiger charge is -2.18. The largest absolute Gasteiger partial charge is 0.361 e. The number of rotatable bonds is 1. The molecule has 3 nitrogen and oxygen atoms in total. The fourth-order valence-corrected chi connectivity index (χ4v) is 3.42. The van der Waals surface area contributed by atoms with Crippen LogP contribution in [0.1, 0.15) is 5.56 Å². The smallest absolute Gasteiger partial charge is 0.262 e. The molecule has 1 aliphatic rings. The molecule has 0 saturated carbocycles. The fraction of sp³-hybridized carbons (Fsp3) is 0. The van der Waals surface area contributed by atoms with Gasteiger partial charge in [-0.2, -0.15) is 0 Å². The van der Waals surface area contributed by atoms with Crippen molar-refractivity contribution < 1.29 is 4.79 Å². The Labute approximate surface area is 126 Å². The third kappa shape index (κ3) is 2.14. The van der Waals surface area contributed by atoms with Gasteiger partial charge in [0.25, 0.3) is 5.91 Å². The van der Waals surface area contributed by atoms with Crippen LogP contribution >= 0.6 is 11.8 Å². The SMILES string of the molecule is O=C1Nc2ccccc2S/C1=C\c1cccc2[nH]ccc12. The third-order valence-electron chi connectivity index (χ3n) is 3.49. The van der Waals surface area contributed by atoms with Gasteiger partial charge in [0.1, 0.15) is 0 Å². The van der Waals surface area contributed by atoms with E-state index in [0.717, 1.165) is 27.0 Å². The molecule has 2 N–H and O–H groups in total. The van der Waals surface area contributed by atoms with Crippen LogP contribution in [0.2, 0.25) is 0 Å². The van der Waals surface area contributed by atoms with E-state index in [1.807, 2.05) is 60.8 Å². The lowest BCUT2D eigenvalue weighted by atomic mass is 10.1. The number of aromatic nitrogens is 1. The van der Waals surface area contributed by atoms with Crippen molar-refractivity contribution in [2.75, 3.05) is 5.32 Å². The maximum absolute atomic E-state index is 12.2. The Kier molecular flexibility index (Phi) is 2.82. The van der Waals surface area contributed by atoms with E-state index in [9.17, 15) is 4.79 Å². The van der Waals surface area contributed by atoms with Crippen LogP contribution in [0.5, 0.6) is 0 Å². The molecule has 1 amide bonds. The molecule has 102 valence electrons. The third-order valence-corrected chi connectivity index (χ3v) is 4.59. The number of aromatic amines is 1. The van der Waals surface area contributed by atoms with Crippen LogP contribution in [0, 0.1) is 0 Å². The maximum atomic E-state index is 12.2. The summed E-state index contributed by atoms with van der Waals surface area (Å²) in [6.07, 6.45) is 3.86. The van der Waals surface area contributed by atoms with Crippen molar-refractivity contribution in [3.05, 3.63) is 65.2 Å². The summed E-state index contributed by atoms with van der Waals surface area (Å²) in [6, 6.07) is 15.9. The number of anilines is 1. The van der Waals surface area contributed by atoms with E-state index in [2.05, 4.69) is 10.3 Å². The molecule has 0 bridgehead atoms. The molecule has 2 heterocycles. The number of carbonyl (C=O) groups is 1. The second kappa shape index (κ2) is 4.82. The molecule has 0 atom stereocenters. The highest BCUT2D eigenvalue weighted by Gasteiger charge is 2.20. The van der Waals surface area contributed by atoms with Gasteiger partial charge in [-0.1, -0.05) is 36.0 Å². The quantitative estimate of drug-likeness (QED) is 0.658. The molecule has 0 unspecified atom stereocenters. The minimum absolute atomic E-state index is 0.0498. The van der Waals surface area contributed by atoms with E-state index < -0.39 is 0 Å². The Balaban J connectivity index is 1.80. The van der Waals surface area contributed by atoms with E-state index >= 15 is 0 Å². The average molecular weight is 292 g/mol. The van der Waals surface area contributed by atoms with Crippen LogP contribution in [0.15, 0.2) is 64.5 Å². The number of amides is 1. The summed E-state index contributed by atoms with van der Waals surface area (Å²) in [5, 5.41) is 4.06. The van der Waals surface area contributed by atoms with E-state index in [1.54, 1.807) is 0 Å². The van der Waals surface area contributed by atoms with Gasteiger partial charge in [0.05, 0.1) is 10.6 Å². The standard InChI is InChI=1S/C17H12N2OS/c20-17-16(21-15-7-2-1-5-14(15)19-17)10-11-4-3-6-13-12(11)8-9-18-13/h1-10,18H,(H,19,20)/b16-10-. The zero-order valence-corrected chi connectivity index (χ0v) is 11.9. The Morgan fingerprint density at radius 3 is 2.86 bits per heavy atom. The molecule has 4 heteroatoms. The molecule has 0 fully saturated rings. The number of benzene rings is 2. The van der Waals surface area contributed by atoms with Crippen molar-refractivity contribution in [1.29, 1.82) is 0 Å². The van der Waals surface area contributed by atoms with Gasteiger partial charge in [0, 0.05) is 22.0 Å². The number of carbonyl (C=O) groups excluding carboxylic acids is 1. The van der Waals surface area contributed by atoms with Gasteiger partial charge >= 0.3 is 0 Å². The molecule has 1 aromatic heterocycles. The lowest BCUT2D eigenvalue weighted by molar-refractivity contribution is -0.112. The monoisotopic (exact) mass is 292 g/mol. The minimum atomic E-state index is -0.0498. The number of fused-ring (bicyclic) bond motifs is 2. The molecule has 3 aromatic rings. The first-order valence-electron chi connectivity index (χ1n) is 6.67. The van der Waals surface area contributed by atoms with Gasteiger partial charge in [0.15, 0.2) is 0 Å². The van der Waals surface area contributed by atoms with E-state index in [4.69, 9.17) is 0 Å². The van der Waals surface area contributed by atoms with Crippen LogP contribution < -0.4 is 5.32 Å². The van der Waals surface area contributed by atoms with Gasteiger partial charge in [0.2, 0.25) is 0 Å². The zero-order valence-electron chi connectivity index (χ0n) is 11.1. The highest BCUT2D eigenvalue weighted by Crippen LogP contribution is 2.39. The van der Waals surface area contributed by atoms with E-state index in [-0.39, 0.29) is 5.91 Å². The van der Waals surface area contributed by atoms with Crippen molar-refractivity contribution in [3.8, 4) is 0 Å². The van der Waals surface area contributed by atoms with Gasteiger partial charge in [-0.15, -0.1) is 0 Å².